The van der Waals surface area contributed by atoms with Crippen LogP contribution in [0.5, 0.6) is 0 Å². The Morgan fingerprint density at radius 3 is 2.36 bits per heavy atom. The summed E-state index contributed by atoms with van der Waals surface area (Å²) in [4.78, 5) is 11.1. The second-order valence-electron chi connectivity index (χ2n) is 3.70. The fourth-order valence-electron chi connectivity index (χ4n) is 2.51. The number of rotatable bonds is 0. The van der Waals surface area contributed by atoms with Gasteiger partial charge < -0.3 is 0 Å². The lowest BCUT2D eigenvalue weighted by atomic mass is 9.35. The lowest BCUT2D eigenvalue weighted by Gasteiger charge is -2.19. The summed E-state index contributed by atoms with van der Waals surface area (Å²) in [5.74, 6) is 3.53. The van der Waals surface area contributed by atoms with E-state index in [0.29, 0.717) is 30.3 Å². The van der Waals surface area contributed by atoms with Crippen molar-refractivity contribution >= 4 is 12.5 Å². The maximum absolute atomic E-state index is 11.1. The van der Waals surface area contributed by atoms with Crippen LogP contribution in [0.2, 0.25) is 11.6 Å². The minimum absolute atomic E-state index is 0.202. The Balaban J connectivity index is 2.20. The fourth-order valence-corrected chi connectivity index (χ4v) is 2.51. The molecule has 2 heterocycles. The van der Waals surface area contributed by atoms with E-state index in [-0.39, 0.29) is 6.71 Å². The molecular weight excluding hydrogens is 137 g/mol. The van der Waals surface area contributed by atoms with Crippen molar-refractivity contribution in [1.82, 2.24) is 0 Å². The van der Waals surface area contributed by atoms with Crippen LogP contribution in [0, 0.1) is 11.2 Å². The molecule has 2 nitrogen and oxygen atoms in total. The van der Waals surface area contributed by atoms with Gasteiger partial charge in [0.25, 0.3) is 6.71 Å². The second-order valence-corrected chi connectivity index (χ2v) is 3.70. The first-order valence-electron chi connectivity index (χ1n) is 4.22. The lowest BCUT2D eigenvalue weighted by Crippen LogP contribution is -2.27. The zero-order valence-electron chi connectivity index (χ0n) is 6.42. The van der Waals surface area contributed by atoms with Gasteiger partial charge in [-0.1, -0.05) is 12.8 Å². The molecule has 0 saturated carbocycles. The van der Waals surface area contributed by atoms with E-state index in [4.69, 9.17) is 5.26 Å². The van der Waals surface area contributed by atoms with Crippen LogP contribution >= 0.6 is 0 Å². The Morgan fingerprint density at radius 2 is 1.91 bits per heavy atom. The molecule has 2 rings (SSSR count). The van der Waals surface area contributed by atoms with E-state index in [1.165, 1.54) is 0 Å². The summed E-state index contributed by atoms with van der Waals surface area (Å²) >= 11 is 0. The minimum Gasteiger partial charge on any atom is -0.300 e. The quantitative estimate of drug-likeness (QED) is 0.486. The second kappa shape index (κ2) is 2.37. The molecule has 2 atom stereocenters. The highest BCUT2D eigenvalue weighted by atomic mass is 16.1. The highest BCUT2D eigenvalue weighted by molar-refractivity contribution is 6.71. The molecule has 0 aromatic heterocycles. The van der Waals surface area contributed by atoms with Gasteiger partial charge in [-0.15, -0.1) is 0 Å². The predicted molar refractivity (Wildman–Crippen MR) is 42.3 cm³/mol. The molecule has 2 saturated heterocycles. The maximum atomic E-state index is 11.1. The van der Waals surface area contributed by atoms with Gasteiger partial charge >= 0.3 is 0 Å². The number of fused-ring (bicyclic) bond motifs is 2. The first-order chi connectivity index (χ1) is 5.31. The Bertz CT molecular complexity index is 217. The van der Waals surface area contributed by atoms with Gasteiger partial charge in [-0.2, -0.15) is 0 Å². The molecule has 2 aliphatic rings. The summed E-state index contributed by atoms with van der Waals surface area (Å²) < 4.78 is 0. The van der Waals surface area contributed by atoms with Crippen LogP contribution < -0.4 is 0 Å². The molecule has 3 heteroatoms. The van der Waals surface area contributed by atoms with E-state index in [1.807, 2.05) is 0 Å². The Morgan fingerprint density at radius 1 is 1.36 bits per heavy atom. The van der Waals surface area contributed by atoms with Gasteiger partial charge in [0.1, 0.15) is 5.78 Å². The van der Waals surface area contributed by atoms with E-state index in [0.717, 1.165) is 12.8 Å². The van der Waals surface area contributed by atoms with Crippen molar-refractivity contribution in [1.29, 1.82) is 5.26 Å². The molecule has 2 fully saturated rings. The number of carbonyl (C=O) groups is 1. The van der Waals surface area contributed by atoms with Crippen molar-refractivity contribution in [3.8, 4) is 5.97 Å². The summed E-state index contributed by atoms with van der Waals surface area (Å²) in [5, 5.41) is 8.80. The molecule has 0 amide bonds. The summed E-state index contributed by atoms with van der Waals surface area (Å²) in [7, 11) is 0. The SMILES string of the molecule is N#CB1C2CCC1CC(=O)C2. The van der Waals surface area contributed by atoms with Crippen LogP contribution in [-0.2, 0) is 4.79 Å². The van der Waals surface area contributed by atoms with E-state index in [9.17, 15) is 4.79 Å². The van der Waals surface area contributed by atoms with Gasteiger partial charge in [0.15, 0.2) is 0 Å². The number of carbonyl (C=O) groups excluding carboxylic acids is 1. The summed E-state index contributed by atoms with van der Waals surface area (Å²) in [6.07, 6.45) is 3.56. The van der Waals surface area contributed by atoms with Crippen LogP contribution in [-0.4, -0.2) is 12.5 Å². The van der Waals surface area contributed by atoms with Crippen LogP contribution in [0.1, 0.15) is 25.7 Å². The van der Waals surface area contributed by atoms with Gasteiger partial charge in [-0.05, 0) is 11.6 Å². The van der Waals surface area contributed by atoms with Gasteiger partial charge in [-0.3, -0.25) is 4.79 Å². The third-order valence-electron chi connectivity index (χ3n) is 3.05. The molecule has 0 aromatic carbocycles. The number of Topliss-reactive ketones (excluding diaryl/α,β-unsaturated/α-hetero) is 1. The van der Waals surface area contributed by atoms with E-state index < -0.39 is 0 Å². The van der Waals surface area contributed by atoms with Crippen molar-refractivity contribution in [3.63, 3.8) is 0 Å². The zero-order chi connectivity index (χ0) is 7.84. The van der Waals surface area contributed by atoms with Crippen molar-refractivity contribution < 1.29 is 4.79 Å². The number of nitrogens with zero attached hydrogens (tertiary/aromatic N) is 1. The summed E-state index contributed by atoms with van der Waals surface area (Å²) in [6, 6.07) is 0. The number of hydrogen-bond acceptors (Lipinski definition) is 2. The van der Waals surface area contributed by atoms with Crippen LogP contribution in [0.3, 0.4) is 0 Å². The third kappa shape index (κ3) is 0.975. The Kier molecular flexibility index (Phi) is 1.49. The van der Waals surface area contributed by atoms with E-state index in [1.54, 1.807) is 0 Å². The van der Waals surface area contributed by atoms with Gasteiger partial charge in [-0.25, -0.2) is 5.26 Å². The molecule has 0 aliphatic carbocycles. The highest BCUT2D eigenvalue weighted by Crippen LogP contribution is 2.46. The first kappa shape index (κ1) is 6.91. The summed E-state index contributed by atoms with van der Waals surface area (Å²) in [5.41, 5.74) is 0. The van der Waals surface area contributed by atoms with Gasteiger partial charge in [0, 0.05) is 18.8 Å². The number of nitriles is 1. The molecular formula is C8H10BNO. The largest absolute Gasteiger partial charge is 0.300 e. The van der Waals surface area contributed by atoms with Crippen LogP contribution in [0.25, 0.3) is 0 Å². The number of hydrogen-bond donors (Lipinski definition) is 0. The molecule has 56 valence electrons. The molecule has 2 bridgehead atoms. The van der Waals surface area contributed by atoms with Gasteiger partial charge in [0.05, 0.1) is 0 Å². The molecule has 0 aromatic rings. The predicted octanol–water partition coefficient (Wildman–Crippen LogP) is 1.44. The lowest BCUT2D eigenvalue weighted by molar-refractivity contribution is -0.119. The standard InChI is InChI=1S/C8H10BNO/c10-5-9-6-1-2-7(9)4-8(11)3-6/h6-7H,1-4H2. The molecule has 0 radical (unpaired) electrons. The molecule has 0 spiro atoms. The first-order valence-corrected chi connectivity index (χ1v) is 4.22. The van der Waals surface area contributed by atoms with Crippen LogP contribution in [0.4, 0.5) is 0 Å². The van der Waals surface area contributed by atoms with Crippen molar-refractivity contribution in [2.75, 3.05) is 0 Å². The van der Waals surface area contributed by atoms with Crippen LogP contribution in [0.15, 0.2) is 0 Å². The average Bonchev–Trinajstić information content (AvgIpc) is 2.23. The average molecular weight is 147 g/mol. The van der Waals surface area contributed by atoms with Crippen molar-refractivity contribution in [2.45, 2.75) is 37.3 Å². The van der Waals surface area contributed by atoms with E-state index >= 15 is 0 Å². The molecule has 0 N–H and O–H groups in total. The minimum atomic E-state index is 0.202. The topological polar surface area (TPSA) is 40.9 Å². The van der Waals surface area contributed by atoms with Gasteiger partial charge in [0.2, 0.25) is 0 Å². The molecule has 11 heavy (non-hydrogen) atoms. The smallest absolute Gasteiger partial charge is 0.275 e. The zero-order valence-corrected chi connectivity index (χ0v) is 6.42. The van der Waals surface area contributed by atoms with Crippen molar-refractivity contribution in [3.05, 3.63) is 0 Å². The highest BCUT2D eigenvalue weighted by Gasteiger charge is 2.45. The number of ketones is 1. The summed E-state index contributed by atoms with van der Waals surface area (Å²) in [6.45, 7) is 0.202. The fraction of sp³-hybridized carbons (Fsp3) is 0.750. The molecule has 2 unspecified atom stereocenters. The normalized spacial score (nSPS) is 35.5. The monoisotopic (exact) mass is 147 g/mol. The van der Waals surface area contributed by atoms with Crippen molar-refractivity contribution in [2.24, 2.45) is 0 Å². The molecule has 2 aliphatic heterocycles. The van der Waals surface area contributed by atoms with E-state index in [2.05, 4.69) is 5.97 Å². The third-order valence-corrected chi connectivity index (χ3v) is 3.05. The Hall–Kier alpha value is -0.775. The maximum Gasteiger partial charge on any atom is 0.275 e. The Labute approximate surface area is 66.7 Å².